The number of aromatic nitrogens is 1. The van der Waals surface area contributed by atoms with Gasteiger partial charge < -0.3 is 15.4 Å². The molecule has 0 saturated carbocycles. The van der Waals surface area contributed by atoms with E-state index in [0.717, 1.165) is 17.4 Å². The molecule has 29 heavy (non-hydrogen) atoms. The van der Waals surface area contributed by atoms with Crippen LogP contribution in [-0.4, -0.2) is 17.5 Å². The number of halogens is 5. The number of fused-ring (bicyclic) bond motifs is 3. The van der Waals surface area contributed by atoms with Crippen LogP contribution >= 0.6 is 11.3 Å². The van der Waals surface area contributed by atoms with E-state index >= 15 is 0 Å². The molecule has 2 aromatic heterocycles. The predicted molar refractivity (Wildman–Crippen MR) is 96.3 cm³/mol. The van der Waals surface area contributed by atoms with Crippen molar-refractivity contribution in [3.05, 3.63) is 52.0 Å². The Morgan fingerprint density at radius 2 is 1.93 bits per heavy atom. The highest BCUT2D eigenvalue weighted by molar-refractivity contribution is 7.21. The van der Waals surface area contributed by atoms with Crippen LogP contribution in [0, 0.1) is 6.92 Å². The van der Waals surface area contributed by atoms with Crippen LogP contribution in [0.5, 0.6) is 5.75 Å². The van der Waals surface area contributed by atoms with E-state index in [2.05, 4.69) is 20.4 Å². The van der Waals surface area contributed by atoms with E-state index < -0.39 is 30.6 Å². The Balaban J connectivity index is 1.80. The van der Waals surface area contributed by atoms with Crippen LogP contribution < -0.4 is 15.4 Å². The zero-order chi connectivity index (χ0) is 20.9. The fourth-order valence-electron chi connectivity index (χ4n) is 3.18. The second-order valence-electron chi connectivity index (χ2n) is 6.28. The number of aryl methyl sites for hydroxylation is 1. The van der Waals surface area contributed by atoms with Crippen LogP contribution in [-0.2, 0) is 6.18 Å². The van der Waals surface area contributed by atoms with Gasteiger partial charge in [-0.3, -0.25) is 4.79 Å². The summed E-state index contributed by atoms with van der Waals surface area (Å²) in [5.41, 5.74) is -0.195. The van der Waals surface area contributed by atoms with Crippen LogP contribution in [0.2, 0.25) is 0 Å². The quantitative estimate of drug-likeness (QED) is 0.570. The first-order valence-corrected chi connectivity index (χ1v) is 9.09. The van der Waals surface area contributed by atoms with Crippen molar-refractivity contribution < 1.29 is 31.5 Å². The van der Waals surface area contributed by atoms with E-state index in [1.165, 1.54) is 25.1 Å². The topological polar surface area (TPSA) is 63.3 Å². The third kappa shape index (κ3) is 3.46. The molecule has 2 N–H and O–H groups in total. The van der Waals surface area contributed by atoms with Gasteiger partial charge in [-0.2, -0.15) is 22.0 Å². The molecule has 0 bridgehead atoms. The van der Waals surface area contributed by atoms with Gasteiger partial charge >= 0.3 is 12.8 Å². The summed E-state index contributed by atoms with van der Waals surface area (Å²) in [6.07, 6.45) is -5.53. The summed E-state index contributed by atoms with van der Waals surface area (Å²) in [6.45, 7) is -1.57. The van der Waals surface area contributed by atoms with Gasteiger partial charge in [-0.15, -0.1) is 11.3 Å². The van der Waals surface area contributed by atoms with Crippen molar-refractivity contribution in [2.75, 3.05) is 5.32 Å². The van der Waals surface area contributed by atoms with Crippen molar-refractivity contribution in [3.8, 4) is 5.75 Å². The molecule has 4 rings (SSSR count). The summed E-state index contributed by atoms with van der Waals surface area (Å²) < 4.78 is 69.1. The number of hydrogen-bond acceptors (Lipinski definition) is 5. The SMILES string of the molecule is Cc1cc(C(F)(F)F)nc2sc3c(c12)N[C@H](c1ccccc1OC(F)F)NC3=O. The average Bonchev–Trinajstić information content (AvgIpc) is 3.00. The standard InChI is InChI=1S/C18H12F5N3O2S/c1-7-6-10(18(21,22)23)24-16-11(7)12-13(29-16)15(27)26-14(25-12)8-4-2-3-5-9(8)28-17(19)20/h2-6,14,17,25H,1H3,(H,26,27)/t14-/m0/s1. The van der Waals surface area contributed by atoms with E-state index in [9.17, 15) is 26.7 Å². The average molecular weight is 429 g/mol. The van der Waals surface area contributed by atoms with Crippen LogP contribution in [0.3, 0.4) is 0 Å². The molecule has 1 aliphatic rings. The number of pyridine rings is 1. The molecule has 3 aromatic rings. The van der Waals surface area contributed by atoms with Gasteiger partial charge in [0, 0.05) is 10.9 Å². The number of para-hydroxylation sites is 1. The van der Waals surface area contributed by atoms with Crippen molar-refractivity contribution in [1.82, 2.24) is 10.3 Å². The van der Waals surface area contributed by atoms with E-state index in [0.29, 0.717) is 11.1 Å². The highest BCUT2D eigenvalue weighted by Gasteiger charge is 2.36. The molecule has 0 saturated heterocycles. The first-order valence-electron chi connectivity index (χ1n) is 8.27. The Morgan fingerprint density at radius 3 is 2.62 bits per heavy atom. The second kappa shape index (κ2) is 6.83. The third-order valence-electron chi connectivity index (χ3n) is 4.37. The first kappa shape index (κ1) is 19.4. The molecule has 1 amide bonds. The van der Waals surface area contributed by atoms with Gasteiger partial charge in [-0.05, 0) is 24.6 Å². The highest BCUT2D eigenvalue weighted by atomic mass is 32.1. The van der Waals surface area contributed by atoms with Gasteiger partial charge in [-0.25, -0.2) is 4.98 Å². The largest absolute Gasteiger partial charge is 0.434 e. The maximum absolute atomic E-state index is 13.1. The van der Waals surface area contributed by atoms with Crippen molar-refractivity contribution in [2.24, 2.45) is 0 Å². The van der Waals surface area contributed by atoms with Crippen LogP contribution in [0.4, 0.5) is 27.6 Å². The Hall–Kier alpha value is -2.95. The lowest BCUT2D eigenvalue weighted by Crippen LogP contribution is -2.37. The number of ether oxygens (including phenoxy) is 1. The number of nitrogens with one attached hydrogen (secondary N) is 2. The third-order valence-corrected chi connectivity index (χ3v) is 5.45. The van der Waals surface area contributed by atoms with E-state index in [4.69, 9.17) is 0 Å². The van der Waals surface area contributed by atoms with Gasteiger partial charge in [-0.1, -0.05) is 18.2 Å². The molecule has 1 atom stereocenters. The molecule has 5 nitrogen and oxygen atoms in total. The molecule has 0 spiro atoms. The van der Waals surface area contributed by atoms with Crippen LogP contribution in [0.15, 0.2) is 30.3 Å². The smallest absolute Gasteiger partial charge is 0.433 e. The zero-order valence-electron chi connectivity index (χ0n) is 14.6. The Labute approximate surface area is 164 Å². The molecule has 0 radical (unpaired) electrons. The number of alkyl halides is 5. The molecule has 0 unspecified atom stereocenters. The molecule has 0 fully saturated rings. The summed E-state index contributed by atoms with van der Waals surface area (Å²) in [5.74, 6) is -0.677. The number of carbonyl (C=O) groups is 1. The highest BCUT2D eigenvalue weighted by Crippen LogP contribution is 2.43. The minimum Gasteiger partial charge on any atom is -0.434 e. The summed E-state index contributed by atoms with van der Waals surface area (Å²) in [7, 11) is 0. The number of thiophene rings is 1. The summed E-state index contributed by atoms with van der Waals surface area (Å²) in [4.78, 5) is 16.5. The monoisotopic (exact) mass is 429 g/mol. The summed E-state index contributed by atoms with van der Waals surface area (Å²) in [6, 6.07) is 6.84. The van der Waals surface area contributed by atoms with Gasteiger partial charge in [0.1, 0.15) is 27.3 Å². The number of amides is 1. The number of hydrogen-bond donors (Lipinski definition) is 2. The van der Waals surface area contributed by atoms with Gasteiger partial charge in [0.15, 0.2) is 0 Å². The fraction of sp³-hybridized carbons (Fsp3) is 0.222. The molecule has 152 valence electrons. The number of anilines is 1. The number of carbonyl (C=O) groups excluding carboxylic acids is 1. The Bertz CT molecular complexity index is 1110. The first-order chi connectivity index (χ1) is 13.6. The van der Waals surface area contributed by atoms with Crippen LogP contribution in [0.1, 0.15) is 32.7 Å². The van der Waals surface area contributed by atoms with E-state index in [1.807, 2.05) is 0 Å². The summed E-state index contributed by atoms with van der Waals surface area (Å²) in [5, 5.41) is 6.00. The zero-order valence-corrected chi connectivity index (χ0v) is 15.4. The van der Waals surface area contributed by atoms with Gasteiger partial charge in [0.05, 0.1) is 5.69 Å². The maximum atomic E-state index is 13.1. The molecular weight excluding hydrogens is 417 g/mol. The van der Waals surface area contributed by atoms with Gasteiger partial charge in [0.2, 0.25) is 0 Å². The number of nitrogens with zero attached hydrogens (tertiary/aromatic N) is 1. The van der Waals surface area contributed by atoms with Crippen molar-refractivity contribution in [1.29, 1.82) is 0 Å². The fourth-order valence-corrected chi connectivity index (χ4v) is 4.30. The lowest BCUT2D eigenvalue weighted by atomic mass is 10.1. The van der Waals surface area contributed by atoms with E-state index in [-0.39, 0.29) is 26.6 Å². The molecule has 3 heterocycles. The molecular formula is C18H12F5N3O2S. The second-order valence-corrected chi connectivity index (χ2v) is 7.27. The predicted octanol–water partition coefficient (Wildman–Crippen LogP) is 5.08. The molecule has 0 aliphatic carbocycles. The molecule has 11 heteroatoms. The molecule has 1 aliphatic heterocycles. The number of rotatable bonds is 3. The van der Waals surface area contributed by atoms with Gasteiger partial charge in [0.25, 0.3) is 5.91 Å². The van der Waals surface area contributed by atoms with Crippen molar-refractivity contribution in [2.45, 2.75) is 25.9 Å². The Morgan fingerprint density at radius 1 is 1.21 bits per heavy atom. The lowest BCUT2D eigenvalue weighted by molar-refractivity contribution is -0.141. The normalized spacial score (nSPS) is 16.5. The van der Waals surface area contributed by atoms with Crippen LogP contribution in [0.25, 0.3) is 10.2 Å². The van der Waals surface area contributed by atoms with Crippen molar-refractivity contribution in [3.63, 3.8) is 0 Å². The molecule has 1 aromatic carbocycles. The minimum atomic E-state index is -4.62. The Kier molecular flexibility index (Phi) is 4.56. The van der Waals surface area contributed by atoms with Crippen molar-refractivity contribution >= 4 is 33.1 Å². The summed E-state index contributed by atoms with van der Waals surface area (Å²) >= 11 is 0.827. The maximum Gasteiger partial charge on any atom is 0.433 e. The number of benzene rings is 1. The lowest BCUT2D eigenvalue weighted by Gasteiger charge is -2.27. The van der Waals surface area contributed by atoms with E-state index in [1.54, 1.807) is 6.07 Å². The minimum absolute atomic E-state index is 0.0581.